The Hall–Kier alpha value is -3.90. The first kappa shape index (κ1) is 11.3. The molecular weight excluding hydrogens is 368 g/mol. The number of fused-ring (bicyclic) bond motifs is 3. The quantitative estimate of drug-likeness (QED) is 0.331. The third-order valence-electron chi connectivity index (χ3n) is 5.28. The van der Waals surface area contributed by atoms with Gasteiger partial charge in [-0.2, -0.15) is 5.26 Å². The second-order valence-corrected chi connectivity index (χ2v) is 7.13. The third kappa shape index (κ3) is 2.69. The van der Waals surface area contributed by atoms with Crippen molar-refractivity contribution in [2.75, 3.05) is 0 Å². The summed E-state index contributed by atoms with van der Waals surface area (Å²) in [6, 6.07) is 10.0. The van der Waals surface area contributed by atoms with Gasteiger partial charge in [0.05, 0.1) is 24.0 Å². The van der Waals surface area contributed by atoms with Crippen LogP contribution < -0.4 is 4.57 Å². The van der Waals surface area contributed by atoms with Gasteiger partial charge in [0.15, 0.2) is 6.20 Å². The summed E-state index contributed by atoms with van der Waals surface area (Å²) in [5.74, 6) is 0. The van der Waals surface area contributed by atoms with E-state index in [0.717, 1.165) is 5.56 Å². The lowest BCUT2D eigenvalue weighted by atomic mass is 9.96. The Bertz CT molecular complexity index is 1820. The van der Waals surface area contributed by atoms with E-state index in [-0.39, 0.29) is 34.4 Å². The maximum Gasteiger partial charge on any atom is 0.216 e. The molecule has 0 fully saturated rings. The zero-order chi connectivity index (χ0) is 27.7. The molecule has 0 amide bonds. The van der Waals surface area contributed by atoms with Gasteiger partial charge >= 0.3 is 0 Å². The van der Waals surface area contributed by atoms with Crippen molar-refractivity contribution < 1.29 is 20.0 Å². The summed E-state index contributed by atoms with van der Waals surface area (Å²) >= 11 is 0. The van der Waals surface area contributed by atoms with Crippen molar-refractivity contribution in [2.24, 2.45) is 7.05 Å². The average Bonchev–Trinajstić information content (AvgIpc) is 3.26. The Morgan fingerprint density at radius 2 is 1.87 bits per heavy atom. The molecule has 2 aromatic heterocycles. The van der Waals surface area contributed by atoms with Crippen molar-refractivity contribution >= 4 is 21.9 Å². The lowest BCUT2D eigenvalue weighted by Crippen LogP contribution is -2.31. The number of aryl methyl sites for hydroxylation is 3. The van der Waals surface area contributed by atoms with Gasteiger partial charge in [0.25, 0.3) is 0 Å². The van der Waals surface area contributed by atoms with Crippen LogP contribution in [0.4, 0.5) is 0 Å². The lowest BCUT2D eigenvalue weighted by molar-refractivity contribution is -0.660. The van der Waals surface area contributed by atoms with Crippen LogP contribution in [-0.2, 0) is 7.05 Å². The van der Waals surface area contributed by atoms with Gasteiger partial charge in [-0.1, -0.05) is 42.3 Å². The molecule has 3 aromatic carbocycles. The second kappa shape index (κ2) is 6.86. The van der Waals surface area contributed by atoms with Gasteiger partial charge in [0.1, 0.15) is 18.2 Å². The molecule has 0 aliphatic carbocycles. The van der Waals surface area contributed by atoms with Crippen molar-refractivity contribution in [1.82, 2.24) is 0 Å². The summed E-state index contributed by atoms with van der Waals surface area (Å²) in [6.45, 7) is -0.376. The van der Waals surface area contributed by atoms with Crippen molar-refractivity contribution in [3.05, 3.63) is 89.5 Å². The monoisotopic (exact) mass is 397 g/mol. The summed E-state index contributed by atoms with van der Waals surface area (Å²) in [6.07, 6.45) is 1.54. The molecule has 30 heavy (non-hydrogen) atoms. The Balaban J connectivity index is 1.90. The van der Waals surface area contributed by atoms with E-state index in [9.17, 15) is 5.26 Å². The predicted molar refractivity (Wildman–Crippen MR) is 120 cm³/mol. The molecule has 0 atom stereocenters. The van der Waals surface area contributed by atoms with E-state index in [2.05, 4.69) is 6.07 Å². The molecule has 3 heteroatoms. The van der Waals surface area contributed by atoms with Crippen LogP contribution in [0.2, 0.25) is 0 Å². The molecule has 0 saturated carbocycles. The van der Waals surface area contributed by atoms with Gasteiger partial charge in [-0.3, -0.25) is 0 Å². The molecule has 3 nitrogen and oxygen atoms in total. The molecule has 0 spiro atoms. The number of benzene rings is 3. The van der Waals surface area contributed by atoms with Crippen LogP contribution in [0.15, 0.2) is 77.2 Å². The highest BCUT2D eigenvalue weighted by molar-refractivity contribution is 6.15. The van der Waals surface area contributed by atoms with Crippen LogP contribution in [0, 0.1) is 25.1 Å². The molecule has 5 rings (SSSR count). The number of nitriles is 1. The third-order valence-corrected chi connectivity index (χ3v) is 5.28. The Kier molecular flexibility index (Phi) is 2.59. The first-order valence-corrected chi connectivity index (χ1v) is 9.33. The highest BCUT2D eigenvalue weighted by Crippen LogP contribution is 2.41. The first-order valence-electron chi connectivity index (χ1n) is 13.3. The fraction of sp³-hybridized carbons (Fsp3) is 0.111. The smallest absolute Gasteiger partial charge is 0.216 e. The van der Waals surface area contributed by atoms with Gasteiger partial charge in [-0.05, 0) is 43.1 Å². The number of furan rings is 1. The van der Waals surface area contributed by atoms with Crippen molar-refractivity contribution in [2.45, 2.75) is 13.8 Å². The van der Waals surface area contributed by atoms with Gasteiger partial charge in [0.2, 0.25) is 5.69 Å². The Morgan fingerprint density at radius 3 is 2.60 bits per heavy atom. The maximum atomic E-state index is 9.89. The molecule has 0 radical (unpaired) electrons. The summed E-state index contributed by atoms with van der Waals surface area (Å²) in [7, 11) is 1.74. The largest absolute Gasteiger partial charge is 0.454 e. The molecule has 0 aliphatic heterocycles. The minimum absolute atomic E-state index is 0.0181. The lowest BCUT2D eigenvalue weighted by Gasteiger charge is -2.06. The van der Waals surface area contributed by atoms with Crippen molar-refractivity contribution in [1.29, 1.82) is 5.26 Å². The van der Waals surface area contributed by atoms with Crippen LogP contribution >= 0.6 is 0 Å². The standard InChI is InChI=1S/C27H21N2O/c1-17-9-14-23(29(3)16-17)24-18(2)10-12-22-25-20(15-28)11-13-21(26(25)30-27(22)24)19-7-5-4-6-8-19/h4-14,16H,1-3H3/q+1/i1D3,4D,5D,6D,7D,8D. The Labute approximate surface area is 186 Å². The van der Waals surface area contributed by atoms with E-state index in [1.165, 1.54) is 6.07 Å². The molecule has 0 bridgehead atoms. The van der Waals surface area contributed by atoms with E-state index in [1.54, 1.807) is 36.0 Å². The van der Waals surface area contributed by atoms with Gasteiger partial charge in [-0.15, -0.1) is 0 Å². The van der Waals surface area contributed by atoms with Crippen LogP contribution in [-0.4, -0.2) is 0 Å². The van der Waals surface area contributed by atoms with Crippen molar-refractivity contribution in [3.8, 4) is 28.5 Å². The molecule has 144 valence electrons. The number of hydrogen-bond acceptors (Lipinski definition) is 2. The maximum absolute atomic E-state index is 9.89. The van der Waals surface area contributed by atoms with E-state index < -0.39 is 25.0 Å². The van der Waals surface area contributed by atoms with E-state index in [0.29, 0.717) is 33.2 Å². The van der Waals surface area contributed by atoms with Crippen molar-refractivity contribution in [3.63, 3.8) is 0 Å². The molecule has 0 aliphatic rings. The average molecular weight is 398 g/mol. The summed E-state index contributed by atoms with van der Waals surface area (Å²) in [4.78, 5) is 0. The van der Waals surface area contributed by atoms with E-state index in [1.807, 2.05) is 19.1 Å². The normalized spacial score (nSPS) is 15.4. The topological polar surface area (TPSA) is 40.8 Å². The summed E-state index contributed by atoms with van der Waals surface area (Å²) in [5, 5.41) is 11.0. The number of nitrogens with zero attached hydrogens (tertiary/aromatic N) is 2. The number of rotatable bonds is 2. The minimum Gasteiger partial charge on any atom is -0.454 e. The zero-order valence-corrected chi connectivity index (χ0v) is 16.3. The van der Waals surface area contributed by atoms with Gasteiger partial charge < -0.3 is 4.42 Å². The van der Waals surface area contributed by atoms with Crippen LogP contribution in [0.1, 0.15) is 27.7 Å². The Morgan fingerprint density at radius 1 is 1.03 bits per heavy atom. The SMILES string of the molecule is [2H]c1c([2H])c([2H])c(-c2ccc(C#N)c3c2oc2c(-c4ccc(C([2H])([2H])[2H])c[n+]4C)c(C)ccc23)c([2H])c1[2H]. The highest BCUT2D eigenvalue weighted by atomic mass is 16.3. The fourth-order valence-electron chi connectivity index (χ4n) is 3.90. The highest BCUT2D eigenvalue weighted by Gasteiger charge is 2.23. The van der Waals surface area contributed by atoms with E-state index >= 15 is 0 Å². The molecule has 0 N–H and O–H groups in total. The first-order chi connectivity index (χ1) is 17.9. The molecular formula is C27H21N2O+. The molecule has 5 aromatic rings. The molecule has 2 heterocycles. The van der Waals surface area contributed by atoms with Crippen LogP contribution in [0.5, 0.6) is 0 Å². The fourth-order valence-corrected chi connectivity index (χ4v) is 3.90. The van der Waals surface area contributed by atoms with Crippen LogP contribution in [0.25, 0.3) is 44.3 Å². The number of aromatic nitrogens is 1. The second-order valence-electron chi connectivity index (χ2n) is 7.13. The van der Waals surface area contributed by atoms with Gasteiger partial charge in [0, 0.05) is 32.1 Å². The predicted octanol–water partition coefficient (Wildman–Crippen LogP) is 6.23. The zero-order valence-electron chi connectivity index (χ0n) is 24.3. The number of hydrogen-bond donors (Lipinski definition) is 0. The summed E-state index contributed by atoms with van der Waals surface area (Å²) in [5.41, 5.74) is 3.64. The van der Waals surface area contributed by atoms with E-state index in [4.69, 9.17) is 15.4 Å². The number of pyridine rings is 1. The van der Waals surface area contributed by atoms with Gasteiger partial charge in [-0.25, -0.2) is 4.57 Å². The molecule has 0 saturated heterocycles. The summed E-state index contributed by atoms with van der Waals surface area (Å²) < 4.78 is 72.3. The minimum atomic E-state index is -2.27. The van der Waals surface area contributed by atoms with Crippen LogP contribution in [0.3, 0.4) is 0 Å². The molecule has 0 unspecified atom stereocenters.